The van der Waals surface area contributed by atoms with Gasteiger partial charge in [-0.05, 0) is 0 Å². The Labute approximate surface area is 38.8 Å². The van der Waals surface area contributed by atoms with E-state index in [1.807, 2.05) is 0 Å². The third-order valence-electron chi connectivity index (χ3n) is 0.241. The lowest BCUT2D eigenvalue weighted by Crippen LogP contribution is -1.79. The van der Waals surface area contributed by atoms with E-state index in [1.54, 1.807) is 5.34 Å². The van der Waals surface area contributed by atoms with Gasteiger partial charge in [-0.25, -0.2) is 0 Å². The van der Waals surface area contributed by atoms with Gasteiger partial charge in [0.1, 0.15) is 0 Å². The van der Waals surface area contributed by atoms with E-state index in [9.17, 15) is 0 Å². The summed E-state index contributed by atoms with van der Waals surface area (Å²) in [6.45, 7) is 0. The summed E-state index contributed by atoms with van der Waals surface area (Å²) in [5.74, 6) is -0.921. The van der Waals surface area contributed by atoms with Crippen LogP contribution in [0.1, 0.15) is 0 Å². The van der Waals surface area contributed by atoms with E-state index in [-0.39, 0.29) is 6.26 Å². The third-order valence-corrected chi connectivity index (χ3v) is 0.241. The van der Waals surface area contributed by atoms with Crippen LogP contribution in [-0.2, 0) is 4.84 Å². The van der Waals surface area contributed by atoms with Crippen LogP contribution in [-0.4, -0.2) is 10.2 Å². The van der Waals surface area contributed by atoms with Gasteiger partial charge in [-0.3, -0.25) is 4.84 Å². The molecule has 0 spiro atoms. The van der Waals surface area contributed by atoms with Gasteiger partial charge in [0.2, 0.25) is 0 Å². The van der Waals surface area contributed by atoms with Crippen LogP contribution in [0.15, 0.2) is 17.5 Å². The molecule has 0 amide bonds. The van der Waals surface area contributed by atoms with Gasteiger partial charge in [0.25, 0.3) is 0 Å². The number of rotatable bonds is 2. The predicted octanol–water partition coefficient (Wildman–Crippen LogP) is 0.599. The lowest BCUT2D eigenvalue weighted by atomic mass is 11.0. The summed E-state index contributed by atoms with van der Waals surface area (Å²) >= 11 is 0. The second kappa shape index (κ2) is 2.95. The highest BCUT2D eigenvalue weighted by atomic mass is 16.8. The van der Waals surface area contributed by atoms with Gasteiger partial charge in [-0.2, -0.15) is 0 Å². The molecule has 0 aliphatic carbocycles. The molecule has 0 rings (SSSR count). The second-order valence-electron chi connectivity index (χ2n) is 0.633. The summed E-state index contributed by atoms with van der Waals surface area (Å²) in [6, 6.07) is 0. The molecule has 5 nitrogen and oxygen atoms in total. The van der Waals surface area contributed by atoms with Crippen LogP contribution in [0.2, 0.25) is 0 Å². The molecule has 0 saturated heterocycles. The average molecular weight is 105 g/mol. The number of aliphatic hydroxyl groups excluding tert-OH is 2. The zero-order chi connectivity index (χ0) is 5.70. The van der Waals surface area contributed by atoms with Gasteiger partial charge < -0.3 is 10.2 Å². The van der Waals surface area contributed by atoms with Gasteiger partial charge in [0.05, 0.1) is 0 Å². The van der Waals surface area contributed by atoms with E-state index in [0.29, 0.717) is 0 Å². The van der Waals surface area contributed by atoms with Crippen LogP contribution in [0.25, 0.3) is 0 Å². The molecular weight excluding hydrogens is 102 g/mol. The molecule has 7 heavy (non-hydrogen) atoms. The van der Waals surface area contributed by atoms with Crippen LogP contribution in [0, 0.1) is 4.91 Å². The lowest BCUT2D eigenvalue weighted by molar-refractivity contribution is 0.0849. The molecule has 0 aliphatic heterocycles. The first-order chi connectivity index (χ1) is 3.31. The van der Waals surface area contributed by atoms with Crippen molar-refractivity contribution in [3.05, 3.63) is 17.1 Å². The lowest BCUT2D eigenvalue weighted by Gasteiger charge is -1.83. The van der Waals surface area contributed by atoms with Gasteiger partial charge in [0, 0.05) is 0 Å². The normalized spacial score (nSPS) is 10.6. The summed E-state index contributed by atoms with van der Waals surface area (Å²) in [4.78, 5) is 12.4. The SMILES string of the molecule is O=NOC(O)=CO. The standard InChI is InChI=1S/C2H3NO4/c4-1-2(5)7-3-6/h1,4-5H. The van der Waals surface area contributed by atoms with Crippen LogP contribution in [0.4, 0.5) is 0 Å². The molecule has 0 radical (unpaired) electrons. The van der Waals surface area contributed by atoms with Crippen molar-refractivity contribution in [2.24, 2.45) is 5.34 Å². The van der Waals surface area contributed by atoms with Gasteiger partial charge >= 0.3 is 5.95 Å². The molecule has 0 atom stereocenters. The van der Waals surface area contributed by atoms with Crippen molar-refractivity contribution in [1.29, 1.82) is 0 Å². The highest BCUT2D eigenvalue weighted by molar-refractivity contribution is 4.67. The maximum absolute atomic E-state index is 8.99. The minimum atomic E-state index is -0.921. The smallest absolute Gasteiger partial charge is 0.345 e. The van der Waals surface area contributed by atoms with Crippen LogP contribution in [0.3, 0.4) is 0 Å². The van der Waals surface area contributed by atoms with E-state index < -0.39 is 5.95 Å². The number of aliphatic hydroxyl groups is 2. The fourth-order valence-corrected chi connectivity index (χ4v) is 0.0618. The van der Waals surface area contributed by atoms with E-state index in [0.717, 1.165) is 0 Å². The minimum Gasteiger partial charge on any atom is -0.508 e. The Morgan fingerprint density at radius 2 is 2.43 bits per heavy atom. The summed E-state index contributed by atoms with van der Waals surface area (Å²) in [5.41, 5.74) is 0. The van der Waals surface area contributed by atoms with E-state index in [4.69, 9.17) is 15.1 Å². The Hall–Kier alpha value is -1.26. The number of nitrogens with zero attached hydrogens (tertiary/aromatic N) is 1. The highest BCUT2D eigenvalue weighted by Gasteiger charge is 1.86. The molecule has 0 unspecified atom stereocenters. The monoisotopic (exact) mass is 105 g/mol. The first-order valence-electron chi connectivity index (χ1n) is 1.34. The van der Waals surface area contributed by atoms with Gasteiger partial charge in [-0.15, -0.1) is 4.91 Å². The maximum atomic E-state index is 8.99. The molecule has 0 fully saturated rings. The fourth-order valence-electron chi connectivity index (χ4n) is 0.0618. The molecule has 0 aromatic rings. The molecule has 0 aromatic heterocycles. The number of hydrogen-bond donors (Lipinski definition) is 2. The van der Waals surface area contributed by atoms with Crippen molar-refractivity contribution >= 4 is 0 Å². The largest absolute Gasteiger partial charge is 0.508 e. The van der Waals surface area contributed by atoms with Crippen molar-refractivity contribution in [2.45, 2.75) is 0 Å². The topological polar surface area (TPSA) is 79.1 Å². The first kappa shape index (κ1) is 5.74. The Balaban J connectivity index is 3.36. The molecular formula is C2H3NO4. The van der Waals surface area contributed by atoms with Crippen molar-refractivity contribution in [2.75, 3.05) is 0 Å². The predicted molar refractivity (Wildman–Crippen MR) is 20.2 cm³/mol. The molecule has 0 aliphatic rings. The summed E-state index contributed by atoms with van der Waals surface area (Å²) in [7, 11) is 0. The van der Waals surface area contributed by atoms with E-state index in [1.165, 1.54) is 0 Å². The van der Waals surface area contributed by atoms with E-state index >= 15 is 0 Å². The molecule has 0 aromatic carbocycles. The van der Waals surface area contributed by atoms with Crippen molar-refractivity contribution in [1.82, 2.24) is 0 Å². The van der Waals surface area contributed by atoms with E-state index in [2.05, 4.69) is 4.84 Å². The van der Waals surface area contributed by atoms with Crippen molar-refractivity contribution in [3.8, 4) is 0 Å². The number of hydrogen-bond acceptors (Lipinski definition) is 5. The molecule has 2 N–H and O–H groups in total. The summed E-state index contributed by atoms with van der Waals surface area (Å²) in [6.07, 6.45) is 0.210. The molecule has 0 saturated carbocycles. The van der Waals surface area contributed by atoms with Crippen LogP contribution in [0.5, 0.6) is 0 Å². The highest BCUT2D eigenvalue weighted by Crippen LogP contribution is 1.86. The zero-order valence-electron chi connectivity index (χ0n) is 3.24. The quantitative estimate of drug-likeness (QED) is 0.306. The maximum Gasteiger partial charge on any atom is 0.345 e. The third kappa shape index (κ3) is 2.54. The summed E-state index contributed by atoms with van der Waals surface area (Å²) in [5, 5.41) is 17.5. The molecule has 40 valence electrons. The molecule has 0 bridgehead atoms. The molecule has 5 heteroatoms. The van der Waals surface area contributed by atoms with Gasteiger partial charge in [-0.1, -0.05) is 0 Å². The Morgan fingerprint density at radius 1 is 1.86 bits per heavy atom. The van der Waals surface area contributed by atoms with Crippen LogP contribution < -0.4 is 0 Å². The summed E-state index contributed by atoms with van der Waals surface area (Å²) < 4.78 is 0. The van der Waals surface area contributed by atoms with Gasteiger partial charge in [0.15, 0.2) is 11.6 Å². The Kier molecular flexibility index (Phi) is 2.42. The van der Waals surface area contributed by atoms with Crippen molar-refractivity contribution < 1.29 is 15.1 Å². The zero-order valence-corrected chi connectivity index (χ0v) is 3.24. The Morgan fingerprint density at radius 3 is 2.57 bits per heavy atom. The Bertz CT molecular complexity index is 87.7. The fraction of sp³-hybridized carbons (Fsp3) is 0. The minimum absolute atomic E-state index is 0.210. The molecule has 0 heterocycles. The van der Waals surface area contributed by atoms with Crippen molar-refractivity contribution in [3.63, 3.8) is 0 Å². The van der Waals surface area contributed by atoms with Crippen LogP contribution >= 0.6 is 0 Å². The second-order valence-corrected chi connectivity index (χ2v) is 0.633. The first-order valence-corrected chi connectivity index (χ1v) is 1.34. The average Bonchev–Trinajstić information content (AvgIpc) is 1.68.